The fraction of sp³-hybridized carbons (Fsp3) is 0. The molecule has 2 N–H and O–H groups in total. The molecule has 0 fully saturated rings. The first kappa shape index (κ1) is 18.8. The van der Waals surface area contributed by atoms with Crippen LogP contribution in [0.1, 0.15) is 16.2 Å². The molecule has 4 aromatic rings. The first-order valence-corrected chi connectivity index (χ1v) is 8.98. The van der Waals surface area contributed by atoms with Gasteiger partial charge in [0.2, 0.25) is 0 Å². The van der Waals surface area contributed by atoms with Crippen molar-refractivity contribution in [1.82, 2.24) is 20.2 Å². The summed E-state index contributed by atoms with van der Waals surface area (Å²) in [5.41, 5.74) is 5.76. The summed E-state index contributed by atoms with van der Waals surface area (Å²) >= 11 is 0. The third-order valence-corrected chi connectivity index (χ3v) is 4.37. The molecule has 0 aliphatic rings. The van der Waals surface area contributed by atoms with E-state index < -0.39 is 10.8 Å². The van der Waals surface area contributed by atoms with Crippen molar-refractivity contribution < 1.29 is 9.72 Å². The predicted octanol–water partition coefficient (Wildman–Crippen LogP) is 3.54. The Hall–Kier alpha value is -4.53. The second-order valence-corrected chi connectivity index (χ2v) is 6.31. The zero-order valence-corrected chi connectivity index (χ0v) is 15.6. The summed E-state index contributed by atoms with van der Waals surface area (Å²) < 4.78 is 1.79. The second kappa shape index (κ2) is 8.23. The summed E-state index contributed by atoms with van der Waals surface area (Å²) in [6.45, 7) is 0. The number of benzene rings is 2. The maximum atomic E-state index is 12.3. The number of hydrazone groups is 1. The number of non-ortho nitro benzene ring substituents is 1. The van der Waals surface area contributed by atoms with Crippen molar-refractivity contribution in [3.63, 3.8) is 0 Å². The molecule has 9 heteroatoms. The summed E-state index contributed by atoms with van der Waals surface area (Å²) in [4.78, 5) is 22.7. The van der Waals surface area contributed by atoms with E-state index in [1.807, 2.05) is 36.4 Å². The van der Waals surface area contributed by atoms with E-state index in [4.69, 9.17) is 0 Å². The summed E-state index contributed by atoms with van der Waals surface area (Å²) in [6.07, 6.45) is 3.29. The van der Waals surface area contributed by atoms with Gasteiger partial charge in [-0.1, -0.05) is 30.3 Å². The van der Waals surface area contributed by atoms with E-state index in [0.717, 1.165) is 11.3 Å². The van der Waals surface area contributed by atoms with E-state index in [2.05, 4.69) is 20.7 Å². The summed E-state index contributed by atoms with van der Waals surface area (Å²) in [6, 6.07) is 20.9. The van der Waals surface area contributed by atoms with Crippen molar-refractivity contribution in [2.24, 2.45) is 5.10 Å². The standard InChI is InChI=1S/C21H16N6O3/c28-21(20-13-19(23-24-20)15-5-2-1-3-6-15)25-22-14-18-7-4-12-26(18)16-8-10-17(11-9-16)27(29)30/h1-14H,(H,23,24)(H,25,28). The highest BCUT2D eigenvalue weighted by Gasteiger charge is 2.10. The molecule has 0 radical (unpaired) electrons. The number of nitrogens with zero attached hydrogens (tertiary/aromatic N) is 4. The number of nitrogens with one attached hydrogen (secondary N) is 2. The number of hydrogen-bond acceptors (Lipinski definition) is 5. The highest BCUT2D eigenvalue weighted by molar-refractivity contribution is 5.94. The van der Waals surface area contributed by atoms with E-state index >= 15 is 0 Å². The third-order valence-electron chi connectivity index (χ3n) is 4.37. The molecule has 0 saturated heterocycles. The molecule has 9 nitrogen and oxygen atoms in total. The molecule has 0 saturated carbocycles. The van der Waals surface area contributed by atoms with Crippen molar-refractivity contribution in [3.05, 3.63) is 100 Å². The normalized spacial score (nSPS) is 10.9. The van der Waals surface area contributed by atoms with Gasteiger partial charge in [0.15, 0.2) is 0 Å². The number of hydrogen-bond donors (Lipinski definition) is 2. The molecule has 30 heavy (non-hydrogen) atoms. The van der Waals surface area contributed by atoms with E-state index in [-0.39, 0.29) is 11.4 Å². The van der Waals surface area contributed by atoms with Crippen LogP contribution in [0.4, 0.5) is 5.69 Å². The molecule has 0 bridgehead atoms. The van der Waals surface area contributed by atoms with E-state index in [0.29, 0.717) is 11.4 Å². The van der Waals surface area contributed by atoms with Crippen molar-refractivity contribution in [3.8, 4) is 16.9 Å². The second-order valence-electron chi connectivity index (χ2n) is 6.31. The number of amides is 1. The molecule has 2 aromatic heterocycles. The minimum Gasteiger partial charge on any atom is -0.316 e. The van der Waals surface area contributed by atoms with Gasteiger partial charge in [0.25, 0.3) is 11.6 Å². The highest BCUT2D eigenvalue weighted by Crippen LogP contribution is 2.18. The Morgan fingerprint density at radius 1 is 1.10 bits per heavy atom. The molecular formula is C21H16N6O3. The van der Waals surface area contributed by atoms with Gasteiger partial charge >= 0.3 is 0 Å². The van der Waals surface area contributed by atoms with Crippen LogP contribution in [-0.2, 0) is 0 Å². The molecular weight excluding hydrogens is 384 g/mol. The van der Waals surface area contributed by atoms with Gasteiger partial charge in [-0.3, -0.25) is 20.0 Å². The van der Waals surface area contributed by atoms with E-state index in [9.17, 15) is 14.9 Å². The predicted molar refractivity (Wildman–Crippen MR) is 112 cm³/mol. The van der Waals surface area contributed by atoms with Crippen LogP contribution in [0.5, 0.6) is 0 Å². The van der Waals surface area contributed by atoms with Crippen LogP contribution in [-0.4, -0.2) is 31.8 Å². The van der Waals surface area contributed by atoms with Gasteiger partial charge in [-0.2, -0.15) is 10.2 Å². The Balaban J connectivity index is 1.44. The van der Waals surface area contributed by atoms with Crippen LogP contribution in [0.25, 0.3) is 16.9 Å². The van der Waals surface area contributed by atoms with Gasteiger partial charge in [0.1, 0.15) is 5.69 Å². The van der Waals surface area contributed by atoms with Gasteiger partial charge in [-0.05, 0) is 30.3 Å². The first-order valence-electron chi connectivity index (χ1n) is 8.98. The Morgan fingerprint density at radius 3 is 2.60 bits per heavy atom. The maximum Gasteiger partial charge on any atom is 0.289 e. The Labute approximate surface area is 170 Å². The summed E-state index contributed by atoms with van der Waals surface area (Å²) in [5.74, 6) is -0.422. The van der Waals surface area contributed by atoms with Gasteiger partial charge < -0.3 is 4.57 Å². The number of rotatable bonds is 6. The lowest BCUT2D eigenvalue weighted by Gasteiger charge is -2.05. The molecule has 2 aromatic carbocycles. The lowest BCUT2D eigenvalue weighted by Crippen LogP contribution is -2.18. The number of H-pyrrole nitrogens is 1. The number of aromatic nitrogens is 3. The fourth-order valence-electron chi connectivity index (χ4n) is 2.88. The third kappa shape index (κ3) is 3.99. The van der Waals surface area contributed by atoms with Crippen molar-refractivity contribution in [1.29, 1.82) is 0 Å². The van der Waals surface area contributed by atoms with Crippen LogP contribution in [0.15, 0.2) is 84.1 Å². The van der Waals surface area contributed by atoms with E-state index in [1.165, 1.54) is 18.3 Å². The molecule has 0 aliphatic heterocycles. The quantitative estimate of drug-likeness (QED) is 0.292. The van der Waals surface area contributed by atoms with E-state index in [1.54, 1.807) is 35.0 Å². The maximum absolute atomic E-state index is 12.3. The minimum atomic E-state index is -0.448. The van der Waals surface area contributed by atoms with Crippen molar-refractivity contribution in [2.75, 3.05) is 0 Å². The smallest absolute Gasteiger partial charge is 0.289 e. The Kier molecular flexibility index (Phi) is 5.16. The lowest BCUT2D eigenvalue weighted by molar-refractivity contribution is -0.384. The van der Waals surface area contributed by atoms with Gasteiger partial charge in [0, 0.05) is 29.6 Å². The summed E-state index contributed by atoms with van der Waals surface area (Å²) in [7, 11) is 0. The molecule has 0 aliphatic carbocycles. The fourth-order valence-corrected chi connectivity index (χ4v) is 2.88. The number of nitro groups is 1. The highest BCUT2D eigenvalue weighted by atomic mass is 16.6. The molecule has 0 spiro atoms. The van der Waals surface area contributed by atoms with Crippen LogP contribution < -0.4 is 5.43 Å². The van der Waals surface area contributed by atoms with Gasteiger partial charge in [-0.25, -0.2) is 5.43 Å². The average Bonchev–Trinajstić information content (AvgIpc) is 3.44. The summed E-state index contributed by atoms with van der Waals surface area (Å²) in [5, 5.41) is 21.7. The lowest BCUT2D eigenvalue weighted by atomic mass is 10.1. The Morgan fingerprint density at radius 2 is 1.87 bits per heavy atom. The Bertz CT molecular complexity index is 1210. The first-order chi connectivity index (χ1) is 14.6. The number of aromatic amines is 1. The average molecular weight is 400 g/mol. The molecule has 0 unspecified atom stereocenters. The van der Waals surface area contributed by atoms with Crippen molar-refractivity contribution in [2.45, 2.75) is 0 Å². The van der Waals surface area contributed by atoms with Crippen LogP contribution >= 0.6 is 0 Å². The molecule has 148 valence electrons. The van der Waals surface area contributed by atoms with Crippen LogP contribution in [0.2, 0.25) is 0 Å². The largest absolute Gasteiger partial charge is 0.316 e. The topological polar surface area (TPSA) is 118 Å². The molecule has 0 atom stereocenters. The molecule has 1 amide bonds. The minimum absolute atomic E-state index is 0.0165. The van der Waals surface area contributed by atoms with Crippen LogP contribution in [0, 0.1) is 10.1 Å². The number of carbonyl (C=O) groups excluding carboxylic acids is 1. The molecule has 2 heterocycles. The van der Waals surface area contributed by atoms with Gasteiger partial charge in [-0.15, -0.1) is 0 Å². The number of nitro benzene ring substituents is 1. The SMILES string of the molecule is O=C(NN=Cc1cccn1-c1ccc([N+](=O)[O-])cc1)c1cc(-c2ccccc2)n[nH]1. The molecule has 4 rings (SSSR count). The van der Waals surface area contributed by atoms with Crippen LogP contribution in [0.3, 0.4) is 0 Å². The van der Waals surface area contributed by atoms with Gasteiger partial charge in [0.05, 0.1) is 22.5 Å². The zero-order valence-electron chi connectivity index (χ0n) is 15.6. The monoisotopic (exact) mass is 400 g/mol. The number of carbonyl (C=O) groups is 1. The zero-order chi connectivity index (χ0) is 20.9. The van der Waals surface area contributed by atoms with Crippen molar-refractivity contribution >= 4 is 17.8 Å².